The number of likely N-dealkylation sites (tertiary alicyclic amines) is 1. The zero-order chi connectivity index (χ0) is 16.2. The predicted octanol–water partition coefficient (Wildman–Crippen LogP) is 4.27. The minimum absolute atomic E-state index is 0. The van der Waals surface area contributed by atoms with Gasteiger partial charge in [-0.15, -0.1) is 24.8 Å². The lowest BCUT2D eigenvalue weighted by atomic mass is 10.1. The molecule has 0 radical (unpaired) electrons. The van der Waals surface area contributed by atoms with Gasteiger partial charge >= 0.3 is 0 Å². The lowest BCUT2D eigenvalue weighted by molar-refractivity contribution is 0.102. The van der Waals surface area contributed by atoms with Crippen LogP contribution in [0.2, 0.25) is 0 Å². The van der Waals surface area contributed by atoms with Gasteiger partial charge in [0.05, 0.1) is 0 Å². The van der Waals surface area contributed by atoms with Gasteiger partial charge in [-0.2, -0.15) is 0 Å². The summed E-state index contributed by atoms with van der Waals surface area (Å²) in [6.07, 6.45) is 2.55. The number of aryl methyl sites for hydroxylation is 1. The molecule has 136 valence electrons. The molecule has 2 aromatic carbocycles. The SMILES string of the molecule is Cc1ccc(N)cc1NC(=O)c1cccc(CN2CCCC2)c1.Cl.Cl. The van der Waals surface area contributed by atoms with E-state index in [0.29, 0.717) is 11.3 Å². The number of nitrogens with one attached hydrogen (secondary N) is 1. The molecule has 1 aliphatic heterocycles. The third kappa shape index (κ3) is 5.63. The summed E-state index contributed by atoms with van der Waals surface area (Å²) in [5.41, 5.74) is 10.1. The molecule has 0 aliphatic carbocycles. The van der Waals surface area contributed by atoms with Crippen molar-refractivity contribution in [2.75, 3.05) is 24.1 Å². The van der Waals surface area contributed by atoms with E-state index in [9.17, 15) is 4.79 Å². The maximum Gasteiger partial charge on any atom is 0.255 e. The first kappa shape index (κ1) is 21.3. The fraction of sp³-hybridized carbons (Fsp3) is 0.316. The Kier molecular flexibility index (Phi) is 8.23. The van der Waals surface area contributed by atoms with Crippen molar-refractivity contribution >= 4 is 42.1 Å². The van der Waals surface area contributed by atoms with Crippen LogP contribution in [0.5, 0.6) is 0 Å². The van der Waals surface area contributed by atoms with Crippen LogP contribution in [0.25, 0.3) is 0 Å². The van der Waals surface area contributed by atoms with E-state index >= 15 is 0 Å². The second-order valence-electron chi connectivity index (χ2n) is 6.21. The largest absolute Gasteiger partial charge is 0.399 e. The van der Waals surface area contributed by atoms with Gasteiger partial charge < -0.3 is 11.1 Å². The van der Waals surface area contributed by atoms with Crippen LogP contribution < -0.4 is 11.1 Å². The number of hydrogen-bond donors (Lipinski definition) is 2. The first-order valence-electron chi connectivity index (χ1n) is 8.10. The zero-order valence-electron chi connectivity index (χ0n) is 14.3. The summed E-state index contributed by atoms with van der Waals surface area (Å²) in [6, 6.07) is 13.4. The van der Waals surface area contributed by atoms with E-state index in [-0.39, 0.29) is 30.7 Å². The molecule has 3 N–H and O–H groups in total. The van der Waals surface area contributed by atoms with Crippen molar-refractivity contribution in [3.63, 3.8) is 0 Å². The van der Waals surface area contributed by atoms with Crippen molar-refractivity contribution in [1.82, 2.24) is 4.90 Å². The third-order valence-corrected chi connectivity index (χ3v) is 4.30. The number of hydrogen-bond acceptors (Lipinski definition) is 3. The van der Waals surface area contributed by atoms with Gasteiger partial charge in [0.25, 0.3) is 5.91 Å². The number of nitrogens with two attached hydrogens (primary N) is 1. The van der Waals surface area contributed by atoms with Crippen molar-refractivity contribution in [3.05, 3.63) is 59.2 Å². The summed E-state index contributed by atoms with van der Waals surface area (Å²) in [5, 5.41) is 2.96. The van der Waals surface area contributed by atoms with Crippen molar-refractivity contribution in [3.8, 4) is 0 Å². The normalized spacial score (nSPS) is 13.6. The smallest absolute Gasteiger partial charge is 0.255 e. The lowest BCUT2D eigenvalue weighted by Gasteiger charge is -2.15. The number of benzene rings is 2. The highest BCUT2D eigenvalue weighted by molar-refractivity contribution is 6.05. The summed E-state index contributed by atoms with van der Waals surface area (Å²) in [6.45, 7) is 5.18. The minimum atomic E-state index is -0.0954. The average molecular weight is 382 g/mol. The van der Waals surface area contributed by atoms with Gasteiger partial charge in [-0.1, -0.05) is 18.2 Å². The highest BCUT2D eigenvalue weighted by Gasteiger charge is 2.13. The number of halogens is 2. The number of amides is 1. The summed E-state index contributed by atoms with van der Waals surface area (Å²) in [7, 11) is 0. The van der Waals surface area contributed by atoms with E-state index in [0.717, 1.165) is 30.9 Å². The van der Waals surface area contributed by atoms with Gasteiger partial charge in [0.15, 0.2) is 0 Å². The first-order valence-corrected chi connectivity index (χ1v) is 8.10. The Morgan fingerprint density at radius 2 is 1.84 bits per heavy atom. The molecule has 2 aromatic rings. The maximum atomic E-state index is 12.5. The quantitative estimate of drug-likeness (QED) is 0.777. The summed E-state index contributed by atoms with van der Waals surface area (Å²) >= 11 is 0. The molecular weight excluding hydrogens is 357 g/mol. The Balaban J connectivity index is 0.00000156. The van der Waals surface area contributed by atoms with Crippen LogP contribution in [0.15, 0.2) is 42.5 Å². The lowest BCUT2D eigenvalue weighted by Crippen LogP contribution is -2.19. The molecule has 4 nitrogen and oxygen atoms in total. The van der Waals surface area contributed by atoms with Crippen LogP contribution in [0.3, 0.4) is 0 Å². The predicted molar refractivity (Wildman–Crippen MR) is 109 cm³/mol. The number of carbonyl (C=O) groups is 1. The molecule has 1 aliphatic rings. The standard InChI is InChI=1S/C19H23N3O.2ClH/c1-14-7-8-17(20)12-18(14)21-19(23)16-6-4-5-15(11-16)13-22-9-2-3-10-22;;/h4-8,11-12H,2-3,9-10,13,20H2,1H3,(H,21,23);2*1H. The van der Waals surface area contributed by atoms with Crippen molar-refractivity contribution < 1.29 is 4.79 Å². The number of nitrogen functional groups attached to an aromatic ring is 1. The molecule has 0 saturated carbocycles. The number of rotatable bonds is 4. The fourth-order valence-electron chi connectivity index (χ4n) is 2.98. The molecule has 25 heavy (non-hydrogen) atoms. The monoisotopic (exact) mass is 381 g/mol. The van der Waals surface area contributed by atoms with Gasteiger partial charge in [0.2, 0.25) is 0 Å². The third-order valence-electron chi connectivity index (χ3n) is 4.30. The summed E-state index contributed by atoms with van der Waals surface area (Å²) in [5.74, 6) is -0.0954. The molecule has 1 saturated heterocycles. The van der Waals surface area contributed by atoms with Gasteiger partial charge in [0, 0.05) is 23.5 Å². The maximum absolute atomic E-state index is 12.5. The highest BCUT2D eigenvalue weighted by Crippen LogP contribution is 2.20. The van der Waals surface area contributed by atoms with Crippen LogP contribution in [0.4, 0.5) is 11.4 Å². The zero-order valence-corrected chi connectivity index (χ0v) is 16.0. The Labute approximate surface area is 161 Å². The summed E-state index contributed by atoms with van der Waals surface area (Å²) < 4.78 is 0. The molecule has 3 rings (SSSR count). The molecule has 0 aromatic heterocycles. The van der Waals surface area contributed by atoms with Crippen molar-refractivity contribution in [2.45, 2.75) is 26.3 Å². The Bertz CT molecular complexity index is 716. The topological polar surface area (TPSA) is 58.4 Å². The summed E-state index contributed by atoms with van der Waals surface area (Å²) in [4.78, 5) is 14.9. The molecule has 0 spiro atoms. The number of carbonyl (C=O) groups excluding carboxylic acids is 1. The van der Waals surface area contributed by atoms with Crippen LogP contribution in [-0.2, 0) is 6.54 Å². The van der Waals surface area contributed by atoms with Gasteiger partial charge in [0.1, 0.15) is 0 Å². The van der Waals surface area contributed by atoms with E-state index in [4.69, 9.17) is 5.73 Å². The number of anilines is 2. The Morgan fingerprint density at radius 3 is 2.56 bits per heavy atom. The average Bonchev–Trinajstić information content (AvgIpc) is 3.04. The van der Waals surface area contributed by atoms with E-state index in [1.165, 1.54) is 18.4 Å². The second-order valence-corrected chi connectivity index (χ2v) is 6.21. The highest BCUT2D eigenvalue weighted by atomic mass is 35.5. The molecule has 1 heterocycles. The minimum Gasteiger partial charge on any atom is -0.399 e. The second kappa shape index (κ2) is 9.66. The molecule has 1 fully saturated rings. The molecule has 0 atom stereocenters. The van der Waals surface area contributed by atoms with Gasteiger partial charge in [-0.25, -0.2) is 0 Å². The van der Waals surface area contributed by atoms with Crippen LogP contribution in [0.1, 0.15) is 34.3 Å². The first-order chi connectivity index (χ1) is 11.1. The Morgan fingerprint density at radius 1 is 1.12 bits per heavy atom. The van der Waals surface area contributed by atoms with E-state index in [1.807, 2.05) is 37.3 Å². The van der Waals surface area contributed by atoms with Crippen LogP contribution >= 0.6 is 24.8 Å². The molecule has 6 heteroatoms. The van der Waals surface area contributed by atoms with Crippen molar-refractivity contribution in [2.24, 2.45) is 0 Å². The van der Waals surface area contributed by atoms with Gasteiger partial charge in [-0.05, 0) is 68.2 Å². The van der Waals surface area contributed by atoms with Crippen LogP contribution in [0, 0.1) is 6.92 Å². The van der Waals surface area contributed by atoms with Crippen molar-refractivity contribution in [1.29, 1.82) is 0 Å². The Hall–Kier alpha value is -1.75. The van der Waals surface area contributed by atoms with E-state index in [1.54, 1.807) is 6.07 Å². The van der Waals surface area contributed by atoms with Gasteiger partial charge in [-0.3, -0.25) is 9.69 Å². The molecule has 0 bridgehead atoms. The molecule has 1 amide bonds. The molecule has 0 unspecified atom stereocenters. The van der Waals surface area contributed by atoms with Crippen LogP contribution in [-0.4, -0.2) is 23.9 Å². The number of nitrogens with zero attached hydrogens (tertiary/aromatic N) is 1. The van der Waals surface area contributed by atoms with E-state index < -0.39 is 0 Å². The molecular formula is C19H25Cl2N3O. The fourth-order valence-corrected chi connectivity index (χ4v) is 2.98. The van der Waals surface area contributed by atoms with E-state index in [2.05, 4.69) is 16.3 Å².